The van der Waals surface area contributed by atoms with Gasteiger partial charge in [0.25, 0.3) is 5.91 Å². The van der Waals surface area contributed by atoms with Crippen LogP contribution >= 0.6 is 0 Å². The van der Waals surface area contributed by atoms with Gasteiger partial charge in [-0.05, 0) is 81.1 Å². The fourth-order valence-corrected chi connectivity index (χ4v) is 5.93. The Morgan fingerprint density at radius 3 is 2.38 bits per heavy atom. The number of nitrogens with zero attached hydrogens (tertiary/aromatic N) is 2. The van der Waals surface area contributed by atoms with Gasteiger partial charge in [-0.15, -0.1) is 0 Å². The summed E-state index contributed by atoms with van der Waals surface area (Å²) in [6, 6.07) is 17.0. The highest BCUT2D eigenvalue weighted by Gasteiger charge is 2.35. The van der Waals surface area contributed by atoms with Crippen LogP contribution in [-0.2, 0) is 25.6 Å². The van der Waals surface area contributed by atoms with E-state index in [9.17, 15) is 18.4 Å². The summed E-state index contributed by atoms with van der Waals surface area (Å²) in [7, 11) is 1.64. The van der Waals surface area contributed by atoms with Crippen molar-refractivity contribution in [1.82, 2.24) is 4.90 Å². The van der Waals surface area contributed by atoms with Crippen LogP contribution in [0.5, 0.6) is 17.2 Å². The molecule has 2 aliphatic heterocycles. The van der Waals surface area contributed by atoms with Gasteiger partial charge in [0.2, 0.25) is 0 Å². The molecule has 2 atom stereocenters. The first-order valence-electron chi connectivity index (χ1n) is 17.0. The zero-order chi connectivity index (χ0) is 35.7. The molecule has 0 saturated carbocycles. The van der Waals surface area contributed by atoms with E-state index in [4.69, 9.17) is 28.4 Å². The molecule has 0 aliphatic carbocycles. The Kier molecular flexibility index (Phi) is 12.5. The minimum absolute atomic E-state index is 0.000298. The Morgan fingerprint density at radius 2 is 1.66 bits per heavy atom. The highest BCUT2D eigenvalue weighted by molar-refractivity contribution is 5.97. The molecule has 0 bridgehead atoms. The fourth-order valence-electron chi connectivity index (χ4n) is 5.93. The van der Waals surface area contributed by atoms with E-state index in [1.165, 1.54) is 6.07 Å². The molecule has 3 aromatic carbocycles. The second-order valence-electron chi connectivity index (χ2n) is 13.3. The van der Waals surface area contributed by atoms with Gasteiger partial charge in [0.15, 0.2) is 18.2 Å². The summed E-state index contributed by atoms with van der Waals surface area (Å²) in [6.45, 7) is 8.41. The van der Waals surface area contributed by atoms with Crippen LogP contribution in [0, 0.1) is 11.6 Å². The van der Waals surface area contributed by atoms with Crippen molar-refractivity contribution in [2.75, 3.05) is 58.1 Å². The van der Waals surface area contributed by atoms with Crippen LogP contribution in [0.4, 0.5) is 19.3 Å². The summed E-state index contributed by atoms with van der Waals surface area (Å²) < 4.78 is 61.0. The molecule has 2 unspecified atom stereocenters. The maximum atomic E-state index is 13.4. The lowest BCUT2D eigenvalue weighted by molar-refractivity contribution is -0.121. The van der Waals surface area contributed by atoms with E-state index < -0.39 is 17.2 Å². The quantitative estimate of drug-likeness (QED) is 0.168. The van der Waals surface area contributed by atoms with Crippen molar-refractivity contribution in [3.8, 4) is 17.2 Å². The van der Waals surface area contributed by atoms with Gasteiger partial charge >= 0.3 is 6.09 Å². The molecular formula is C38H46F2N2O8. The Balaban J connectivity index is 1.22. The minimum atomic E-state index is -0.950. The second kappa shape index (κ2) is 17.0. The predicted molar refractivity (Wildman–Crippen MR) is 183 cm³/mol. The van der Waals surface area contributed by atoms with Crippen LogP contribution in [-0.4, -0.2) is 81.8 Å². The monoisotopic (exact) mass is 696 g/mol. The van der Waals surface area contributed by atoms with Gasteiger partial charge in [-0.1, -0.05) is 18.2 Å². The molecule has 270 valence electrons. The molecule has 5 rings (SSSR count). The number of amides is 2. The summed E-state index contributed by atoms with van der Waals surface area (Å²) in [6.07, 6.45) is 1.21. The number of halogens is 2. The maximum absolute atomic E-state index is 13.4. The molecule has 2 heterocycles. The number of piperidine rings is 1. The van der Waals surface area contributed by atoms with E-state index in [2.05, 4.69) is 0 Å². The van der Waals surface area contributed by atoms with Crippen molar-refractivity contribution < 1.29 is 46.8 Å². The summed E-state index contributed by atoms with van der Waals surface area (Å²) in [5.74, 6) is -0.371. The van der Waals surface area contributed by atoms with Crippen molar-refractivity contribution in [2.45, 2.75) is 64.3 Å². The lowest BCUT2D eigenvalue weighted by Crippen LogP contribution is -2.48. The topological polar surface area (TPSA) is 96.0 Å². The third-order valence-corrected chi connectivity index (χ3v) is 8.40. The molecule has 10 nitrogen and oxygen atoms in total. The number of benzene rings is 3. The molecule has 12 heteroatoms. The Hall–Kier alpha value is -4.42. The van der Waals surface area contributed by atoms with Crippen LogP contribution in [0.25, 0.3) is 0 Å². The van der Waals surface area contributed by atoms with Crippen LogP contribution in [0.15, 0.2) is 60.7 Å². The Morgan fingerprint density at radius 1 is 0.920 bits per heavy atom. The van der Waals surface area contributed by atoms with Crippen LogP contribution < -0.4 is 19.1 Å². The van der Waals surface area contributed by atoms with Crippen molar-refractivity contribution in [3.63, 3.8) is 0 Å². The SMILES string of the molecule is COCCCN1C(=O)COc2ccc(COC3CN(C(=O)OC(C)(C)C)CCC3c3ccc(OCCCOc4ccc(F)c(F)c4)cc3)cc21. The lowest BCUT2D eigenvalue weighted by atomic mass is 9.87. The van der Waals surface area contributed by atoms with E-state index in [0.29, 0.717) is 69.3 Å². The smallest absolute Gasteiger partial charge is 0.410 e. The normalized spacial score (nSPS) is 17.6. The van der Waals surface area contributed by atoms with Gasteiger partial charge in [0.1, 0.15) is 22.8 Å². The minimum Gasteiger partial charge on any atom is -0.493 e. The van der Waals surface area contributed by atoms with E-state index in [0.717, 1.165) is 23.3 Å². The second-order valence-corrected chi connectivity index (χ2v) is 13.3. The van der Waals surface area contributed by atoms with Crippen LogP contribution in [0.1, 0.15) is 57.1 Å². The van der Waals surface area contributed by atoms with Gasteiger partial charge in [-0.2, -0.15) is 0 Å². The Labute approximate surface area is 292 Å². The molecule has 2 aliphatic rings. The molecule has 2 amide bonds. The number of likely N-dealkylation sites (tertiary alicyclic amines) is 1. The molecule has 0 N–H and O–H groups in total. The fraction of sp³-hybridized carbons (Fsp3) is 0.474. The van der Waals surface area contributed by atoms with E-state index in [1.807, 2.05) is 63.2 Å². The average Bonchev–Trinajstić information content (AvgIpc) is 3.09. The maximum Gasteiger partial charge on any atom is 0.410 e. The summed E-state index contributed by atoms with van der Waals surface area (Å²) in [5, 5.41) is 0. The summed E-state index contributed by atoms with van der Waals surface area (Å²) in [4.78, 5) is 29.2. The van der Waals surface area contributed by atoms with Crippen molar-refractivity contribution >= 4 is 17.7 Å². The Bertz CT molecular complexity index is 1600. The van der Waals surface area contributed by atoms with Gasteiger partial charge in [0, 0.05) is 45.2 Å². The van der Waals surface area contributed by atoms with E-state index >= 15 is 0 Å². The van der Waals surface area contributed by atoms with Crippen molar-refractivity contribution in [3.05, 3.63) is 83.4 Å². The standard InChI is InChI=1S/C38H46F2N2O8/c1-38(2,3)50-37(44)41-17-15-30(27-8-10-28(11-9-27)46-19-6-20-47-29-12-13-31(39)32(40)22-29)35(23-41)48-24-26-7-14-34-33(21-26)42(16-5-18-45-4)36(43)25-49-34/h7-14,21-22,30,35H,5-6,15-20,23-25H2,1-4H3. The van der Waals surface area contributed by atoms with E-state index in [-0.39, 0.29) is 49.6 Å². The third kappa shape index (κ3) is 10.1. The molecule has 0 spiro atoms. The van der Waals surface area contributed by atoms with Crippen LogP contribution in [0.3, 0.4) is 0 Å². The summed E-state index contributed by atoms with van der Waals surface area (Å²) in [5.41, 5.74) is 2.02. The predicted octanol–water partition coefficient (Wildman–Crippen LogP) is 6.88. The number of ether oxygens (including phenoxy) is 6. The molecule has 1 fully saturated rings. The number of anilines is 1. The first kappa shape index (κ1) is 36.9. The number of hydrogen-bond donors (Lipinski definition) is 0. The molecule has 0 radical (unpaired) electrons. The zero-order valence-electron chi connectivity index (χ0n) is 29.1. The molecule has 1 saturated heterocycles. The largest absolute Gasteiger partial charge is 0.493 e. The van der Waals surface area contributed by atoms with Crippen molar-refractivity contribution in [2.24, 2.45) is 0 Å². The van der Waals surface area contributed by atoms with Gasteiger partial charge in [0.05, 0.1) is 38.2 Å². The van der Waals surface area contributed by atoms with E-state index in [1.54, 1.807) is 16.9 Å². The van der Waals surface area contributed by atoms with Gasteiger partial charge < -0.3 is 38.2 Å². The number of rotatable bonds is 14. The summed E-state index contributed by atoms with van der Waals surface area (Å²) >= 11 is 0. The van der Waals surface area contributed by atoms with Crippen LogP contribution in [0.2, 0.25) is 0 Å². The number of methoxy groups -OCH3 is 1. The third-order valence-electron chi connectivity index (χ3n) is 8.40. The highest BCUT2D eigenvalue weighted by atomic mass is 19.2. The highest BCUT2D eigenvalue weighted by Crippen LogP contribution is 2.36. The molecular weight excluding hydrogens is 650 g/mol. The zero-order valence-corrected chi connectivity index (χ0v) is 29.1. The molecule has 0 aromatic heterocycles. The van der Waals surface area contributed by atoms with Gasteiger partial charge in [-0.25, -0.2) is 13.6 Å². The number of fused-ring (bicyclic) bond motifs is 1. The molecule has 50 heavy (non-hydrogen) atoms. The average molecular weight is 697 g/mol. The first-order valence-corrected chi connectivity index (χ1v) is 17.0. The lowest BCUT2D eigenvalue weighted by Gasteiger charge is -2.39. The first-order chi connectivity index (χ1) is 24.0. The molecule has 3 aromatic rings. The van der Waals surface area contributed by atoms with Crippen molar-refractivity contribution in [1.29, 1.82) is 0 Å². The number of hydrogen-bond acceptors (Lipinski definition) is 8. The number of carbonyl (C=O) groups is 2. The number of carbonyl (C=O) groups excluding carboxylic acids is 2. The van der Waals surface area contributed by atoms with Gasteiger partial charge in [-0.3, -0.25) is 4.79 Å².